The summed E-state index contributed by atoms with van der Waals surface area (Å²) in [6.07, 6.45) is 2.60. The Morgan fingerprint density at radius 1 is 1.03 bits per heavy atom. The lowest BCUT2D eigenvalue weighted by atomic mass is 10.1. The van der Waals surface area contributed by atoms with Gasteiger partial charge in [0.2, 0.25) is 0 Å². The Morgan fingerprint density at radius 2 is 1.73 bits per heavy atom. The largest absolute Gasteiger partial charge is 0.497 e. The van der Waals surface area contributed by atoms with Crippen molar-refractivity contribution < 1.29 is 27.9 Å². The maximum absolute atomic E-state index is 14.0. The number of ether oxygens (including phenoxy) is 2. The molecule has 194 valence electrons. The number of sulfonamides is 1. The second kappa shape index (κ2) is 12.8. The maximum atomic E-state index is 14.0. The number of anilines is 1. The zero-order valence-corrected chi connectivity index (χ0v) is 21.8. The molecule has 0 bridgehead atoms. The van der Waals surface area contributed by atoms with Crippen LogP contribution in [0.4, 0.5) is 5.69 Å². The number of hydrogen-bond donors (Lipinski definition) is 2. The van der Waals surface area contributed by atoms with Gasteiger partial charge in [0, 0.05) is 12.0 Å². The Bertz CT molecular complexity index is 1380. The van der Waals surface area contributed by atoms with Crippen LogP contribution < -0.4 is 19.3 Å². The molecule has 37 heavy (non-hydrogen) atoms. The fraction of sp³-hybridized carbons (Fsp3) is 0.250. The number of nitrogens with zero attached hydrogens (tertiary/aromatic N) is 1. The van der Waals surface area contributed by atoms with Gasteiger partial charge in [0.25, 0.3) is 15.9 Å². The molecular weight excluding hydrogens is 492 g/mol. The number of carbonyl (C=O) groups is 1. The van der Waals surface area contributed by atoms with Crippen molar-refractivity contribution in [3.8, 4) is 23.3 Å². The van der Waals surface area contributed by atoms with Gasteiger partial charge in [-0.3, -0.25) is 14.3 Å². The Labute approximate surface area is 217 Å². The zero-order chi connectivity index (χ0) is 26.8. The molecule has 0 aliphatic heterocycles. The molecule has 0 radical (unpaired) electrons. The van der Waals surface area contributed by atoms with Crippen molar-refractivity contribution in [3.05, 3.63) is 83.4 Å². The number of hydrogen-bond acceptors (Lipinski definition) is 6. The number of methoxy groups -OCH3 is 2. The average Bonchev–Trinajstić information content (AvgIpc) is 2.93. The van der Waals surface area contributed by atoms with Crippen LogP contribution in [0.3, 0.4) is 0 Å². The quantitative estimate of drug-likeness (QED) is 0.172. The van der Waals surface area contributed by atoms with Crippen LogP contribution in [-0.2, 0) is 16.6 Å². The molecule has 0 aliphatic rings. The van der Waals surface area contributed by atoms with Crippen molar-refractivity contribution in [2.75, 3.05) is 18.5 Å². The van der Waals surface area contributed by atoms with Crippen molar-refractivity contribution in [2.24, 2.45) is 0 Å². The van der Waals surface area contributed by atoms with E-state index in [1.807, 2.05) is 6.07 Å². The average molecular weight is 523 g/mol. The highest BCUT2D eigenvalue weighted by molar-refractivity contribution is 7.92. The monoisotopic (exact) mass is 522 g/mol. The second-order valence-corrected chi connectivity index (χ2v) is 9.96. The molecule has 2 N–H and O–H groups in total. The first-order chi connectivity index (χ1) is 17.8. The molecule has 0 aromatic heterocycles. The molecular formula is C28H30N2O6S. The summed E-state index contributed by atoms with van der Waals surface area (Å²) < 4.78 is 39.9. The smallest absolute Gasteiger partial charge is 0.276 e. The van der Waals surface area contributed by atoms with Crippen LogP contribution in [0, 0.1) is 11.8 Å². The van der Waals surface area contributed by atoms with Crippen LogP contribution in [0.5, 0.6) is 11.5 Å². The number of carbonyl (C=O) groups excluding carboxylic acids is 1. The van der Waals surface area contributed by atoms with Gasteiger partial charge in [-0.25, -0.2) is 13.9 Å². The van der Waals surface area contributed by atoms with E-state index in [1.54, 1.807) is 47.9 Å². The van der Waals surface area contributed by atoms with Crippen molar-refractivity contribution in [2.45, 2.75) is 37.6 Å². The number of unbranched alkanes of at least 4 members (excludes halogenated alkanes) is 2. The fourth-order valence-corrected chi connectivity index (χ4v) is 5.15. The number of hydroxylamine groups is 1. The first-order valence-electron chi connectivity index (χ1n) is 11.7. The lowest BCUT2D eigenvalue weighted by Gasteiger charge is -2.28. The van der Waals surface area contributed by atoms with Gasteiger partial charge >= 0.3 is 0 Å². The molecule has 0 spiro atoms. The van der Waals surface area contributed by atoms with Gasteiger partial charge in [-0.15, -0.1) is 0 Å². The molecule has 3 aromatic rings. The first-order valence-corrected chi connectivity index (χ1v) is 13.2. The predicted octanol–water partition coefficient (Wildman–Crippen LogP) is 4.76. The minimum atomic E-state index is -4.21. The van der Waals surface area contributed by atoms with E-state index in [4.69, 9.17) is 9.47 Å². The summed E-state index contributed by atoms with van der Waals surface area (Å²) in [5.74, 6) is 5.77. The number of benzene rings is 3. The van der Waals surface area contributed by atoms with Crippen molar-refractivity contribution in [3.63, 3.8) is 0 Å². The molecule has 3 rings (SSSR count). The van der Waals surface area contributed by atoms with Crippen molar-refractivity contribution >= 4 is 21.6 Å². The topological polar surface area (TPSA) is 105 Å². The van der Waals surface area contributed by atoms with E-state index in [9.17, 15) is 18.4 Å². The molecule has 0 unspecified atom stereocenters. The highest BCUT2D eigenvalue weighted by Crippen LogP contribution is 2.38. The summed E-state index contributed by atoms with van der Waals surface area (Å²) in [5.41, 5.74) is 2.63. The van der Waals surface area contributed by atoms with Crippen molar-refractivity contribution in [1.29, 1.82) is 0 Å². The van der Waals surface area contributed by atoms with Crippen LogP contribution in [-0.4, -0.2) is 33.8 Å². The molecule has 3 aromatic carbocycles. The van der Waals surface area contributed by atoms with E-state index in [0.717, 1.165) is 17.1 Å². The standard InChI is InChI=1S/C28H30N2O6S/c1-4-5-6-8-13-22-18-25(28(31)29-32)27(26(19-22)36-3)30(20-21-11-9-7-10-12-21)37(33,34)24-16-14-23(35-2)15-17-24/h7,9-12,14-19,32H,4-6,20H2,1-3H3,(H,29,31). The van der Waals surface area contributed by atoms with E-state index >= 15 is 0 Å². The van der Waals surface area contributed by atoms with E-state index < -0.39 is 15.9 Å². The minimum Gasteiger partial charge on any atom is -0.497 e. The SMILES string of the molecule is CCCCC#Cc1cc(OC)c(N(Cc2ccccc2)S(=O)(=O)c2ccc(OC)cc2)c(C(=O)NO)c1. The van der Waals surface area contributed by atoms with Gasteiger partial charge in [0.05, 0.1) is 31.2 Å². The van der Waals surface area contributed by atoms with E-state index in [1.165, 1.54) is 32.4 Å². The lowest BCUT2D eigenvalue weighted by Crippen LogP contribution is -2.33. The summed E-state index contributed by atoms with van der Waals surface area (Å²) in [7, 11) is -1.34. The molecule has 9 heteroatoms. The van der Waals surface area contributed by atoms with Crippen LogP contribution in [0.15, 0.2) is 71.6 Å². The number of rotatable bonds is 10. The van der Waals surface area contributed by atoms with Gasteiger partial charge in [-0.05, 0) is 48.4 Å². The third-order valence-corrected chi connectivity index (χ3v) is 7.35. The van der Waals surface area contributed by atoms with Gasteiger partial charge in [0.15, 0.2) is 0 Å². The summed E-state index contributed by atoms with van der Waals surface area (Å²) in [4.78, 5) is 12.8. The van der Waals surface area contributed by atoms with Crippen LogP contribution in [0.25, 0.3) is 0 Å². The highest BCUT2D eigenvalue weighted by Gasteiger charge is 2.32. The van der Waals surface area contributed by atoms with Crippen molar-refractivity contribution in [1.82, 2.24) is 5.48 Å². The Balaban J connectivity index is 2.25. The minimum absolute atomic E-state index is 0.00919. The number of amides is 1. The van der Waals surface area contributed by atoms with Crippen LogP contribution >= 0.6 is 0 Å². The van der Waals surface area contributed by atoms with E-state index in [2.05, 4.69) is 18.8 Å². The normalized spacial score (nSPS) is 10.7. The molecule has 0 heterocycles. The van der Waals surface area contributed by atoms with E-state index in [-0.39, 0.29) is 28.4 Å². The molecule has 0 aliphatic carbocycles. The van der Waals surface area contributed by atoms with Gasteiger partial charge in [-0.1, -0.05) is 55.5 Å². The zero-order valence-electron chi connectivity index (χ0n) is 21.0. The summed E-state index contributed by atoms with van der Waals surface area (Å²) >= 11 is 0. The fourth-order valence-electron chi connectivity index (χ4n) is 3.66. The van der Waals surface area contributed by atoms with E-state index in [0.29, 0.717) is 23.3 Å². The molecule has 0 saturated carbocycles. The third-order valence-electron chi connectivity index (χ3n) is 5.59. The Morgan fingerprint density at radius 3 is 2.32 bits per heavy atom. The molecule has 1 amide bonds. The summed E-state index contributed by atoms with van der Waals surface area (Å²) in [5, 5.41) is 9.50. The predicted molar refractivity (Wildman–Crippen MR) is 141 cm³/mol. The molecule has 8 nitrogen and oxygen atoms in total. The molecule has 0 fully saturated rings. The van der Waals surface area contributed by atoms with Crippen LogP contribution in [0.1, 0.15) is 47.7 Å². The Kier molecular flexibility index (Phi) is 9.55. The van der Waals surface area contributed by atoms with Crippen LogP contribution in [0.2, 0.25) is 0 Å². The first kappa shape index (κ1) is 27.6. The second-order valence-electron chi connectivity index (χ2n) is 8.09. The van der Waals surface area contributed by atoms with Gasteiger partial charge in [-0.2, -0.15) is 0 Å². The Hall–Kier alpha value is -4.00. The maximum Gasteiger partial charge on any atom is 0.276 e. The number of nitrogens with one attached hydrogen (secondary N) is 1. The van der Waals surface area contributed by atoms with Gasteiger partial charge < -0.3 is 9.47 Å². The third kappa shape index (κ3) is 6.61. The summed E-state index contributed by atoms with van der Waals surface area (Å²) in [6.45, 7) is 1.96. The summed E-state index contributed by atoms with van der Waals surface area (Å²) in [6, 6.07) is 17.9. The highest BCUT2D eigenvalue weighted by atomic mass is 32.2. The molecule has 0 saturated heterocycles. The molecule has 0 atom stereocenters. The lowest BCUT2D eigenvalue weighted by molar-refractivity contribution is 0.0706. The van der Waals surface area contributed by atoms with Gasteiger partial charge in [0.1, 0.15) is 17.2 Å².